The molecule has 0 heterocycles. The fraction of sp³-hybridized carbons (Fsp3) is 0.462. The van der Waals surface area contributed by atoms with Crippen molar-refractivity contribution in [2.24, 2.45) is 0 Å². The van der Waals surface area contributed by atoms with Crippen LogP contribution in [0.5, 0.6) is 23.0 Å². The predicted octanol–water partition coefficient (Wildman–Crippen LogP) is 7.54. The Bertz CT molecular complexity index is 1770. The van der Waals surface area contributed by atoms with Gasteiger partial charge >= 0.3 is 0 Å². The topological polar surface area (TPSA) is 153 Å². The van der Waals surface area contributed by atoms with E-state index in [1.54, 1.807) is 0 Å². The van der Waals surface area contributed by atoms with E-state index in [1.807, 2.05) is 72.8 Å². The summed E-state index contributed by atoms with van der Waals surface area (Å²) in [6.07, 6.45) is 8.75. The molecule has 344 valence electrons. The standard InChI is InChI=1S/C52H68N4O8/c1-5-9-25-53-45(57)33-61-49-37-17-13-18-38(49)30-40-20-15-22-42(51(40)63-35-47(59)55-27-11-7-3)32-44-24-16-23-43(52(44)64-36-48(60)56-28-12-8-4)31-41-21-14-19-39(29-37)50(41)62-34-46(58)54-26-10-6-2/h13-24H,5-12,25-36H2,1-4H3,(H,53,57)(H,54,58)(H,55,59)(H,56,60). The van der Waals surface area contributed by atoms with E-state index in [4.69, 9.17) is 18.9 Å². The SMILES string of the molecule is CCCCNC(=O)COc1c2cccc1Cc1cccc(c1OCC(=O)NCCCC)Cc1cccc(c1OCC(=O)NCCCC)Cc1cccc(c1OCC(=O)NCCCC)C2. The molecule has 12 nitrogen and oxygen atoms in total. The number of carbonyl (C=O) groups excluding carboxylic acids is 4. The molecule has 0 aliphatic heterocycles. The van der Waals surface area contributed by atoms with Crippen molar-refractivity contribution in [2.75, 3.05) is 52.6 Å². The third kappa shape index (κ3) is 15.1. The normalized spacial score (nSPS) is 11.8. The molecular formula is C52H68N4O8. The Labute approximate surface area is 379 Å². The van der Waals surface area contributed by atoms with E-state index in [1.165, 1.54) is 0 Å². The Morgan fingerprint density at radius 2 is 0.547 bits per heavy atom. The Morgan fingerprint density at radius 1 is 0.359 bits per heavy atom. The number of amides is 4. The summed E-state index contributed by atoms with van der Waals surface area (Å²) in [6, 6.07) is 23.8. The summed E-state index contributed by atoms with van der Waals surface area (Å²) >= 11 is 0. The lowest BCUT2D eigenvalue weighted by molar-refractivity contribution is -0.123. The molecule has 0 fully saturated rings. The molecule has 5 rings (SSSR count). The molecule has 1 aliphatic rings. The zero-order valence-electron chi connectivity index (χ0n) is 38.3. The van der Waals surface area contributed by atoms with Crippen molar-refractivity contribution in [3.8, 4) is 23.0 Å². The average Bonchev–Trinajstić information content (AvgIpc) is 3.28. The number of hydrogen-bond donors (Lipinski definition) is 4. The molecule has 4 amide bonds. The molecule has 4 aromatic carbocycles. The molecule has 64 heavy (non-hydrogen) atoms. The van der Waals surface area contributed by atoms with Crippen molar-refractivity contribution in [3.05, 3.63) is 117 Å². The number of fused-ring (bicyclic) bond motifs is 8. The number of benzene rings is 4. The van der Waals surface area contributed by atoms with Gasteiger partial charge in [-0.1, -0.05) is 126 Å². The Balaban J connectivity index is 1.65. The third-order valence-corrected chi connectivity index (χ3v) is 11.0. The highest BCUT2D eigenvalue weighted by atomic mass is 16.5. The maximum atomic E-state index is 13.1. The fourth-order valence-electron chi connectivity index (χ4n) is 7.60. The van der Waals surface area contributed by atoms with Crippen LogP contribution in [0.25, 0.3) is 0 Å². The van der Waals surface area contributed by atoms with Crippen molar-refractivity contribution in [2.45, 2.75) is 105 Å². The van der Waals surface area contributed by atoms with Crippen molar-refractivity contribution < 1.29 is 38.1 Å². The van der Waals surface area contributed by atoms with Crippen LogP contribution >= 0.6 is 0 Å². The van der Waals surface area contributed by atoms with Crippen molar-refractivity contribution >= 4 is 23.6 Å². The van der Waals surface area contributed by atoms with Gasteiger partial charge in [0.25, 0.3) is 23.6 Å². The quantitative estimate of drug-likeness (QED) is 0.0464. The van der Waals surface area contributed by atoms with E-state index in [0.717, 1.165) is 95.9 Å². The summed E-state index contributed by atoms with van der Waals surface area (Å²) in [5, 5.41) is 11.9. The number of carbonyl (C=O) groups is 4. The average molecular weight is 877 g/mol. The number of rotatable bonds is 24. The molecule has 12 heteroatoms. The molecule has 0 radical (unpaired) electrons. The maximum Gasteiger partial charge on any atom is 0.257 e. The summed E-state index contributed by atoms with van der Waals surface area (Å²) in [4.78, 5) is 52.4. The lowest BCUT2D eigenvalue weighted by Crippen LogP contribution is -2.30. The van der Waals surface area contributed by atoms with E-state index in [9.17, 15) is 19.2 Å². The van der Waals surface area contributed by atoms with Gasteiger partial charge in [0.15, 0.2) is 26.4 Å². The molecular weight excluding hydrogens is 809 g/mol. The molecule has 0 saturated carbocycles. The Hall–Kier alpha value is -6.04. The van der Waals surface area contributed by atoms with E-state index < -0.39 is 0 Å². The number of para-hydroxylation sites is 4. The number of nitrogens with one attached hydrogen (secondary N) is 4. The van der Waals surface area contributed by atoms with E-state index in [0.29, 0.717) is 74.9 Å². The van der Waals surface area contributed by atoms with E-state index in [2.05, 4.69) is 49.0 Å². The van der Waals surface area contributed by atoms with Gasteiger partial charge in [-0.05, 0) is 70.2 Å². The van der Waals surface area contributed by atoms with Crippen molar-refractivity contribution in [1.82, 2.24) is 21.3 Å². The van der Waals surface area contributed by atoms with Gasteiger partial charge in [-0.2, -0.15) is 0 Å². The Morgan fingerprint density at radius 3 is 0.719 bits per heavy atom. The number of ether oxygens (including phenoxy) is 4. The molecule has 1 aliphatic carbocycles. The van der Waals surface area contributed by atoms with Gasteiger partial charge in [0, 0.05) is 51.9 Å². The zero-order valence-corrected chi connectivity index (χ0v) is 38.3. The monoisotopic (exact) mass is 877 g/mol. The number of hydrogen-bond acceptors (Lipinski definition) is 8. The molecule has 8 bridgehead atoms. The third-order valence-electron chi connectivity index (χ3n) is 11.0. The first-order chi connectivity index (χ1) is 31.2. The summed E-state index contributed by atoms with van der Waals surface area (Å²) in [5.74, 6) is 1.43. The van der Waals surface area contributed by atoms with Crippen LogP contribution in [0, 0.1) is 0 Å². The first-order valence-corrected chi connectivity index (χ1v) is 23.2. The molecule has 0 unspecified atom stereocenters. The van der Waals surface area contributed by atoms with Crippen LogP contribution in [0.3, 0.4) is 0 Å². The lowest BCUT2D eigenvalue weighted by atomic mass is 9.91. The summed E-state index contributed by atoms with van der Waals surface area (Å²) < 4.78 is 26.0. The Kier molecular flexibility index (Phi) is 20.3. The van der Waals surface area contributed by atoms with Crippen LogP contribution in [-0.2, 0) is 44.9 Å². The molecule has 0 aromatic heterocycles. The lowest BCUT2D eigenvalue weighted by Gasteiger charge is -2.22. The second kappa shape index (κ2) is 26.6. The molecule has 0 atom stereocenters. The largest absolute Gasteiger partial charge is 0.483 e. The summed E-state index contributed by atoms with van der Waals surface area (Å²) in [5.41, 5.74) is 6.63. The molecule has 0 spiro atoms. The van der Waals surface area contributed by atoms with Gasteiger partial charge in [0.1, 0.15) is 23.0 Å². The minimum Gasteiger partial charge on any atom is -0.483 e. The highest BCUT2D eigenvalue weighted by Gasteiger charge is 2.23. The molecule has 4 N–H and O–H groups in total. The summed E-state index contributed by atoms with van der Waals surface area (Å²) in [7, 11) is 0. The second-order valence-electron chi connectivity index (χ2n) is 16.3. The van der Waals surface area contributed by atoms with Crippen LogP contribution in [0.2, 0.25) is 0 Å². The molecule has 4 aromatic rings. The highest BCUT2D eigenvalue weighted by Crippen LogP contribution is 2.39. The van der Waals surface area contributed by atoms with Crippen LogP contribution in [0.15, 0.2) is 72.8 Å². The van der Waals surface area contributed by atoms with Gasteiger partial charge in [-0.15, -0.1) is 0 Å². The second-order valence-corrected chi connectivity index (χ2v) is 16.3. The van der Waals surface area contributed by atoms with Gasteiger partial charge in [0.05, 0.1) is 0 Å². The predicted molar refractivity (Wildman–Crippen MR) is 251 cm³/mol. The first kappa shape index (κ1) is 49.0. The highest BCUT2D eigenvalue weighted by molar-refractivity contribution is 5.79. The van der Waals surface area contributed by atoms with Crippen LogP contribution in [0.4, 0.5) is 0 Å². The van der Waals surface area contributed by atoms with Crippen molar-refractivity contribution in [3.63, 3.8) is 0 Å². The fourth-order valence-corrected chi connectivity index (χ4v) is 7.60. The van der Waals surface area contributed by atoms with E-state index in [-0.39, 0.29) is 50.1 Å². The van der Waals surface area contributed by atoms with Crippen LogP contribution < -0.4 is 40.2 Å². The van der Waals surface area contributed by atoms with Crippen molar-refractivity contribution in [1.29, 1.82) is 0 Å². The smallest absolute Gasteiger partial charge is 0.257 e. The van der Waals surface area contributed by atoms with Crippen LogP contribution in [-0.4, -0.2) is 76.2 Å². The maximum absolute atomic E-state index is 13.1. The minimum atomic E-state index is -0.214. The summed E-state index contributed by atoms with van der Waals surface area (Å²) in [6.45, 7) is 9.85. The minimum absolute atomic E-state index is 0.176. The number of unbranched alkanes of at least 4 members (excludes halogenated alkanes) is 4. The first-order valence-electron chi connectivity index (χ1n) is 23.2. The van der Waals surface area contributed by atoms with Gasteiger partial charge in [-0.25, -0.2) is 0 Å². The van der Waals surface area contributed by atoms with Crippen LogP contribution in [0.1, 0.15) is 124 Å². The van der Waals surface area contributed by atoms with Gasteiger partial charge in [-0.3, -0.25) is 19.2 Å². The van der Waals surface area contributed by atoms with E-state index >= 15 is 0 Å². The molecule has 0 saturated heterocycles. The zero-order chi connectivity index (χ0) is 45.5. The van der Waals surface area contributed by atoms with Gasteiger partial charge in [0.2, 0.25) is 0 Å². The van der Waals surface area contributed by atoms with Gasteiger partial charge < -0.3 is 40.2 Å².